The van der Waals surface area contributed by atoms with Crippen molar-refractivity contribution in [3.63, 3.8) is 0 Å². The molecule has 0 unspecified atom stereocenters. The number of methoxy groups -OCH3 is 3. The van der Waals surface area contributed by atoms with E-state index in [2.05, 4.69) is 10.3 Å². The molecule has 0 saturated carbocycles. The number of imidazole rings is 1. The number of benzene rings is 2. The number of carbonyl (C=O) groups excluding carboxylic acids is 2. The number of aromatic hydroxyl groups is 1. The van der Waals surface area contributed by atoms with Gasteiger partial charge in [-0.05, 0) is 66.7 Å². The lowest BCUT2D eigenvalue weighted by Crippen LogP contribution is -2.18. The second-order valence-corrected chi connectivity index (χ2v) is 9.37. The molecule has 2 aromatic heterocycles. The van der Waals surface area contributed by atoms with Crippen molar-refractivity contribution < 1.29 is 28.9 Å². The van der Waals surface area contributed by atoms with Gasteiger partial charge in [0.25, 0.3) is 0 Å². The van der Waals surface area contributed by atoms with Crippen LogP contribution >= 0.6 is 23.8 Å². The molecule has 2 N–H and O–H groups in total. The Morgan fingerprint density at radius 1 is 1.02 bits per heavy atom. The van der Waals surface area contributed by atoms with Crippen LogP contribution in [0.15, 0.2) is 60.8 Å². The predicted octanol–water partition coefficient (Wildman–Crippen LogP) is 4.99. The first kappa shape index (κ1) is 28.7. The lowest BCUT2D eigenvalue weighted by molar-refractivity contribution is -0.115. The van der Waals surface area contributed by atoms with Crippen molar-refractivity contribution >= 4 is 41.5 Å². The second kappa shape index (κ2) is 12.7. The molecule has 0 saturated heterocycles. The average Bonchev–Trinajstić information content (AvgIpc) is 3.20. The predicted molar refractivity (Wildman–Crippen MR) is 152 cm³/mol. The number of rotatable bonds is 10. The highest BCUT2D eigenvalue weighted by Gasteiger charge is 2.23. The summed E-state index contributed by atoms with van der Waals surface area (Å²) in [5.41, 5.74) is 1.79. The van der Waals surface area contributed by atoms with Gasteiger partial charge in [-0.3, -0.25) is 9.36 Å². The quantitative estimate of drug-likeness (QED) is 0.198. The molecule has 0 atom stereocenters. The summed E-state index contributed by atoms with van der Waals surface area (Å²) in [6.45, 7) is 0.368. The third kappa shape index (κ3) is 6.27. The van der Waals surface area contributed by atoms with Crippen LogP contribution in [0.5, 0.6) is 17.4 Å². The molecule has 40 heavy (non-hydrogen) atoms. The monoisotopic (exact) mass is 582 g/mol. The maximum Gasteiger partial charge on any atom is 0.339 e. The smallest absolute Gasteiger partial charge is 0.339 e. The molecule has 10 nitrogen and oxygen atoms in total. The molecule has 0 bridgehead atoms. The van der Waals surface area contributed by atoms with Gasteiger partial charge < -0.3 is 29.2 Å². The van der Waals surface area contributed by atoms with Crippen molar-refractivity contribution in [3.05, 3.63) is 87.4 Å². The minimum absolute atomic E-state index is 0.110. The Bertz CT molecular complexity index is 1580. The lowest BCUT2D eigenvalue weighted by Gasteiger charge is -2.10. The van der Waals surface area contributed by atoms with Crippen LogP contribution in [-0.4, -0.2) is 52.4 Å². The molecule has 0 spiro atoms. The van der Waals surface area contributed by atoms with E-state index >= 15 is 0 Å². The number of nitrogens with one attached hydrogen (secondary N) is 1. The van der Waals surface area contributed by atoms with Gasteiger partial charge in [0.2, 0.25) is 11.8 Å². The summed E-state index contributed by atoms with van der Waals surface area (Å²) in [5.74, 6) is 0.323. The van der Waals surface area contributed by atoms with Crippen LogP contribution in [0, 0.1) is 4.77 Å². The zero-order valence-corrected chi connectivity index (χ0v) is 23.6. The first-order valence-corrected chi connectivity index (χ1v) is 12.9. The van der Waals surface area contributed by atoms with Crippen molar-refractivity contribution in [1.29, 1.82) is 0 Å². The number of carbonyl (C=O) groups is 2. The van der Waals surface area contributed by atoms with Crippen molar-refractivity contribution in [3.8, 4) is 23.1 Å². The third-order valence-electron chi connectivity index (χ3n) is 6.18. The highest BCUT2D eigenvalue weighted by molar-refractivity contribution is 7.71. The molecule has 0 aliphatic rings. The van der Waals surface area contributed by atoms with E-state index in [1.165, 1.54) is 37.1 Å². The fraction of sp³-hybridized carbons (Fsp3) is 0.214. The SMILES string of the molecule is COC(=O)c1cc(-n2c(O)c(CC(=O)Nc3ccc(OC)cn3)n(CCc3ccc(OC)cc3)c2=S)ccc1Cl. The zero-order chi connectivity index (χ0) is 28.8. The molecule has 2 heterocycles. The van der Waals surface area contributed by atoms with Gasteiger partial charge in [0.15, 0.2) is 4.77 Å². The van der Waals surface area contributed by atoms with Gasteiger partial charge in [-0.2, -0.15) is 0 Å². The number of nitrogens with zero attached hydrogens (tertiary/aromatic N) is 3. The van der Waals surface area contributed by atoms with Crippen LogP contribution in [0.4, 0.5) is 5.82 Å². The van der Waals surface area contributed by atoms with Gasteiger partial charge in [0, 0.05) is 6.54 Å². The summed E-state index contributed by atoms with van der Waals surface area (Å²) in [7, 11) is 4.37. The lowest BCUT2D eigenvalue weighted by atomic mass is 10.1. The summed E-state index contributed by atoms with van der Waals surface area (Å²) in [5, 5.41) is 14.3. The molecular weight excluding hydrogens is 556 g/mol. The fourth-order valence-electron chi connectivity index (χ4n) is 4.08. The molecule has 0 radical (unpaired) electrons. The van der Waals surface area contributed by atoms with Gasteiger partial charge in [0.05, 0.1) is 55.9 Å². The number of amides is 1. The zero-order valence-electron chi connectivity index (χ0n) is 22.0. The van der Waals surface area contributed by atoms with Crippen LogP contribution in [0.1, 0.15) is 21.6 Å². The first-order chi connectivity index (χ1) is 19.2. The van der Waals surface area contributed by atoms with E-state index in [0.717, 1.165) is 11.3 Å². The van der Waals surface area contributed by atoms with Crippen LogP contribution in [0.25, 0.3) is 5.69 Å². The van der Waals surface area contributed by atoms with Crippen molar-refractivity contribution in [2.24, 2.45) is 0 Å². The van der Waals surface area contributed by atoms with E-state index < -0.39 is 11.9 Å². The number of pyridine rings is 1. The number of hydrogen-bond acceptors (Lipinski definition) is 8. The molecule has 12 heteroatoms. The average molecular weight is 583 g/mol. The standard InChI is InChI=1S/C28H27ClN4O6S/c1-37-19-7-4-17(5-8-19)12-13-32-23(15-25(34)31-24-11-9-20(38-2)16-30-24)26(35)33(28(32)40)18-6-10-22(29)21(14-18)27(36)39-3/h4-11,14,16,35H,12-13,15H2,1-3H3,(H,30,31,34). The summed E-state index contributed by atoms with van der Waals surface area (Å²) < 4.78 is 18.5. The molecule has 4 rings (SSSR count). The van der Waals surface area contributed by atoms with Gasteiger partial charge in [-0.15, -0.1) is 0 Å². The van der Waals surface area contributed by atoms with Gasteiger partial charge >= 0.3 is 5.97 Å². The number of halogens is 1. The number of hydrogen-bond donors (Lipinski definition) is 2. The fourth-order valence-corrected chi connectivity index (χ4v) is 4.67. The maximum atomic E-state index is 13.0. The second-order valence-electron chi connectivity index (χ2n) is 8.60. The van der Waals surface area contributed by atoms with Crippen LogP contribution < -0.4 is 14.8 Å². The number of anilines is 1. The van der Waals surface area contributed by atoms with E-state index in [-0.39, 0.29) is 27.7 Å². The van der Waals surface area contributed by atoms with Gasteiger partial charge in [0.1, 0.15) is 17.3 Å². The number of aromatic nitrogens is 3. The topological polar surface area (TPSA) is 117 Å². The summed E-state index contributed by atoms with van der Waals surface area (Å²) in [4.78, 5) is 29.4. The molecule has 0 aliphatic carbocycles. The van der Waals surface area contributed by atoms with Crippen molar-refractivity contribution in [2.75, 3.05) is 26.6 Å². The third-order valence-corrected chi connectivity index (χ3v) is 6.91. The van der Waals surface area contributed by atoms with Gasteiger partial charge in [-0.1, -0.05) is 23.7 Å². The highest BCUT2D eigenvalue weighted by Crippen LogP contribution is 2.29. The largest absolute Gasteiger partial charge is 0.497 e. The minimum atomic E-state index is -0.636. The Kier molecular flexibility index (Phi) is 9.08. The summed E-state index contributed by atoms with van der Waals surface area (Å²) in [6, 6.07) is 15.5. The Morgan fingerprint density at radius 3 is 2.35 bits per heavy atom. The normalized spacial score (nSPS) is 10.7. The van der Waals surface area contributed by atoms with Crippen LogP contribution in [0.2, 0.25) is 5.02 Å². The first-order valence-electron chi connectivity index (χ1n) is 12.1. The van der Waals surface area contributed by atoms with E-state index in [4.69, 9.17) is 38.0 Å². The number of ether oxygens (including phenoxy) is 3. The Morgan fingerprint density at radius 2 is 1.73 bits per heavy atom. The van der Waals surface area contributed by atoms with E-state index in [1.54, 1.807) is 29.9 Å². The highest BCUT2D eigenvalue weighted by atomic mass is 35.5. The van der Waals surface area contributed by atoms with E-state index in [1.807, 2.05) is 24.3 Å². The van der Waals surface area contributed by atoms with Crippen LogP contribution in [-0.2, 0) is 28.9 Å². The van der Waals surface area contributed by atoms with E-state index in [9.17, 15) is 14.7 Å². The van der Waals surface area contributed by atoms with Crippen molar-refractivity contribution in [1.82, 2.24) is 14.1 Å². The van der Waals surface area contributed by atoms with Crippen molar-refractivity contribution in [2.45, 2.75) is 19.4 Å². The summed E-state index contributed by atoms with van der Waals surface area (Å²) >= 11 is 12.0. The van der Waals surface area contributed by atoms with Gasteiger partial charge in [-0.25, -0.2) is 9.78 Å². The Labute approximate surface area is 240 Å². The number of esters is 1. The maximum absolute atomic E-state index is 13.0. The molecule has 2 aromatic carbocycles. The molecule has 0 fully saturated rings. The Hall–Kier alpha value is -4.35. The summed E-state index contributed by atoms with van der Waals surface area (Å²) in [6.07, 6.45) is 1.85. The molecule has 208 valence electrons. The number of aryl methyl sites for hydroxylation is 1. The minimum Gasteiger partial charge on any atom is -0.497 e. The molecule has 4 aromatic rings. The molecule has 1 amide bonds. The van der Waals surface area contributed by atoms with E-state index in [0.29, 0.717) is 35.9 Å². The molecule has 0 aliphatic heterocycles. The van der Waals surface area contributed by atoms with Crippen LogP contribution in [0.3, 0.4) is 0 Å². The molecular formula is C28H27ClN4O6S. The Balaban J connectivity index is 1.71.